The number of nitrogens with zero attached hydrogens (tertiary/aromatic N) is 1. The van der Waals surface area contributed by atoms with Crippen LogP contribution in [0.2, 0.25) is 0 Å². The molecule has 0 radical (unpaired) electrons. The molecule has 0 saturated carbocycles. The minimum Gasteiger partial charge on any atom is -0.485 e. The van der Waals surface area contributed by atoms with Gasteiger partial charge >= 0.3 is 0 Å². The number of nitrogens with one attached hydrogen (secondary N) is 1. The van der Waals surface area contributed by atoms with E-state index in [-0.39, 0.29) is 12.5 Å². The quantitative estimate of drug-likeness (QED) is 0.876. The van der Waals surface area contributed by atoms with Gasteiger partial charge in [0.2, 0.25) is 0 Å². The highest BCUT2D eigenvalue weighted by Crippen LogP contribution is 2.21. The summed E-state index contributed by atoms with van der Waals surface area (Å²) in [5.41, 5.74) is 1.05. The molecule has 1 aromatic heterocycles. The lowest BCUT2D eigenvalue weighted by Crippen LogP contribution is -2.18. The first-order valence-electron chi connectivity index (χ1n) is 6.20. The lowest BCUT2D eigenvalue weighted by molar-refractivity contribution is -0.119. The van der Waals surface area contributed by atoms with Crippen LogP contribution < -0.4 is 10.1 Å². The van der Waals surface area contributed by atoms with Crippen LogP contribution in [0.5, 0.6) is 5.75 Å². The predicted octanol–water partition coefficient (Wildman–Crippen LogP) is 2.25. The normalized spacial score (nSPS) is 10.1. The Kier molecular flexibility index (Phi) is 5.08. The Bertz CT molecular complexity index is 558. The first-order chi connectivity index (χ1) is 9.79. The maximum absolute atomic E-state index is 11.5. The molecule has 1 N–H and O–H groups in total. The third-order valence-electron chi connectivity index (χ3n) is 2.54. The molecular weight excluding hydrogens is 256 g/mol. The molecule has 5 heteroatoms. The number of anilines is 1. The van der Waals surface area contributed by atoms with Crippen LogP contribution in [0.25, 0.3) is 0 Å². The second kappa shape index (κ2) is 7.25. The Morgan fingerprint density at radius 2 is 2.00 bits per heavy atom. The van der Waals surface area contributed by atoms with Gasteiger partial charge in [-0.2, -0.15) is 0 Å². The van der Waals surface area contributed by atoms with Gasteiger partial charge in [0.25, 0.3) is 5.91 Å². The van der Waals surface area contributed by atoms with E-state index >= 15 is 0 Å². The highest BCUT2D eigenvalue weighted by atomic mass is 16.5. The monoisotopic (exact) mass is 272 g/mol. The fourth-order valence-corrected chi connectivity index (χ4v) is 1.64. The summed E-state index contributed by atoms with van der Waals surface area (Å²) in [4.78, 5) is 15.6. The number of carbonyl (C=O) groups excluding carboxylic acids is 1. The van der Waals surface area contributed by atoms with Crippen LogP contribution in [0.15, 0.2) is 48.7 Å². The maximum Gasteiger partial charge on any atom is 0.251 e. The Labute approximate surface area is 117 Å². The number of hydrogen-bond acceptors (Lipinski definition) is 4. The standard InChI is InChI=1S/C15H16N2O3/c1-19-11-14(18)17-15-13(8-5-9-16-15)20-10-12-6-3-2-4-7-12/h2-9H,10-11H2,1H3,(H,16,17,18). The van der Waals surface area contributed by atoms with Gasteiger partial charge in [0, 0.05) is 13.3 Å². The van der Waals surface area contributed by atoms with Crippen LogP contribution in [0.4, 0.5) is 5.82 Å². The first kappa shape index (κ1) is 14.0. The molecule has 0 bridgehead atoms. The molecule has 0 fully saturated rings. The van der Waals surface area contributed by atoms with E-state index in [1.807, 2.05) is 30.3 Å². The van der Waals surface area contributed by atoms with Gasteiger partial charge in [-0.15, -0.1) is 0 Å². The number of amides is 1. The van der Waals surface area contributed by atoms with E-state index in [1.54, 1.807) is 18.3 Å². The van der Waals surface area contributed by atoms with Gasteiger partial charge in [-0.1, -0.05) is 30.3 Å². The van der Waals surface area contributed by atoms with E-state index < -0.39 is 0 Å². The van der Waals surface area contributed by atoms with E-state index in [0.717, 1.165) is 5.56 Å². The lowest BCUT2D eigenvalue weighted by Gasteiger charge is -2.11. The Hall–Kier alpha value is -2.40. The highest BCUT2D eigenvalue weighted by molar-refractivity contribution is 5.91. The zero-order valence-electron chi connectivity index (χ0n) is 11.2. The van der Waals surface area contributed by atoms with Crippen molar-refractivity contribution in [1.29, 1.82) is 0 Å². The average molecular weight is 272 g/mol. The van der Waals surface area contributed by atoms with E-state index in [4.69, 9.17) is 9.47 Å². The van der Waals surface area contributed by atoms with Crippen molar-refractivity contribution in [1.82, 2.24) is 4.98 Å². The van der Waals surface area contributed by atoms with Crippen LogP contribution in [-0.4, -0.2) is 24.6 Å². The van der Waals surface area contributed by atoms with E-state index in [0.29, 0.717) is 18.2 Å². The average Bonchev–Trinajstić information content (AvgIpc) is 2.48. The SMILES string of the molecule is COCC(=O)Nc1ncccc1OCc1ccccc1. The second-order valence-electron chi connectivity index (χ2n) is 4.11. The van der Waals surface area contributed by atoms with Gasteiger partial charge in [0.1, 0.15) is 13.2 Å². The van der Waals surface area contributed by atoms with Gasteiger partial charge in [0.15, 0.2) is 11.6 Å². The van der Waals surface area contributed by atoms with Crippen LogP contribution >= 0.6 is 0 Å². The summed E-state index contributed by atoms with van der Waals surface area (Å²) < 4.78 is 10.4. The second-order valence-corrected chi connectivity index (χ2v) is 4.11. The molecule has 0 aliphatic carbocycles. The van der Waals surface area contributed by atoms with Gasteiger partial charge in [-0.25, -0.2) is 4.98 Å². The van der Waals surface area contributed by atoms with Crippen LogP contribution in [0.3, 0.4) is 0 Å². The number of carbonyl (C=O) groups is 1. The summed E-state index contributed by atoms with van der Waals surface area (Å²) in [6, 6.07) is 13.3. The largest absolute Gasteiger partial charge is 0.485 e. The third-order valence-corrected chi connectivity index (χ3v) is 2.54. The molecule has 1 heterocycles. The predicted molar refractivity (Wildman–Crippen MR) is 75.5 cm³/mol. The van der Waals surface area contributed by atoms with Crippen molar-refractivity contribution in [2.45, 2.75) is 6.61 Å². The summed E-state index contributed by atoms with van der Waals surface area (Å²) in [6.07, 6.45) is 1.60. The first-order valence-corrected chi connectivity index (χ1v) is 6.20. The lowest BCUT2D eigenvalue weighted by atomic mass is 10.2. The zero-order valence-corrected chi connectivity index (χ0v) is 11.2. The maximum atomic E-state index is 11.5. The van der Waals surface area contributed by atoms with Crippen molar-refractivity contribution in [3.05, 3.63) is 54.2 Å². The summed E-state index contributed by atoms with van der Waals surface area (Å²) in [6.45, 7) is 0.397. The molecular formula is C15H16N2O3. The fourth-order valence-electron chi connectivity index (χ4n) is 1.64. The van der Waals surface area contributed by atoms with Crippen LogP contribution in [0.1, 0.15) is 5.56 Å². The summed E-state index contributed by atoms with van der Waals surface area (Å²) in [5.74, 6) is 0.655. The number of ether oxygens (including phenoxy) is 2. The van der Waals surface area contributed by atoms with E-state index in [1.165, 1.54) is 7.11 Å². The zero-order chi connectivity index (χ0) is 14.2. The van der Waals surface area contributed by atoms with E-state index in [2.05, 4.69) is 10.3 Å². The minimum absolute atomic E-state index is 0.0191. The Morgan fingerprint density at radius 1 is 1.20 bits per heavy atom. The molecule has 1 amide bonds. The van der Waals surface area contributed by atoms with E-state index in [9.17, 15) is 4.79 Å². The molecule has 104 valence electrons. The molecule has 0 spiro atoms. The molecule has 2 aromatic rings. The molecule has 0 unspecified atom stereocenters. The van der Waals surface area contributed by atoms with Gasteiger partial charge in [0.05, 0.1) is 0 Å². The molecule has 0 aliphatic heterocycles. The van der Waals surface area contributed by atoms with Crippen molar-refractivity contribution in [2.75, 3.05) is 19.0 Å². The van der Waals surface area contributed by atoms with Crippen molar-refractivity contribution in [2.24, 2.45) is 0 Å². The number of aromatic nitrogens is 1. The molecule has 5 nitrogen and oxygen atoms in total. The summed E-state index contributed by atoms with van der Waals surface area (Å²) >= 11 is 0. The molecule has 0 atom stereocenters. The molecule has 0 aliphatic rings. The topological polar surface area (TPSA) is 60.5 Å². The van der Waals surface area contributed by atoms with Gasteiger partial charge in [-0.05, 0) is 17.7 Å². The molecule has 1 aromatic carbocycles. The smallest absolute Gasteiger partial charge is 0.251 e. The van der Waals surface area contributed by atoms with Crippen LogP contribution in [0, 0.1) is 0 Å². The van der Waals surface area contributed by atoms with Crippen molar-refractivity contribution in [3.8, 4) is 5.75 Å². The van der Waals surface area contributed by atoms with Crippen LogP contribution in [-0.2, 0) is 16.1 Å². The molecule has 0 saturated heterocycles. The van der Waals surface area contributed by atoms with Crippen molar-refractivity contribution < 1.29 is 14.3 Å². The van der Waals surface area contributed by atoms with Crippen molar-refractivity contribution in [3.63, 3.8) is 0 Å². The minimum atomic E-state index is -0.268. The summed E-state index contributed by atoms with van der Waals surface area (Å²) in [5, 5.41) is 2.65. The van der Waals surface area contributed by atoms with Gasteiger partial charge < -0.3 is 14.8 Å². The molecule has 2 rings (SSSR count). The Morgan fingerprint density at radius 3 is 2.75 bits per heavy atom. The van der Waals surface area contributed by atoms with Gasteiger partial charge in [-0.3, -0.25) is 4.79 Å². The summed E-state index contributed by atoms with van der Waals surface area (Å²) in [7, 11) is 1.46. The number of benzene rings is 1. The third kappa shape index (κ3) is 4.07. The highest BCUT2D eigenvalue weighted by Gasteiger charge is 2.08. The fraction of sp³-hybridized carbons (Fsp3) is 0.200. The number of hydrogen-bond donors (Lipinski definition) is 1. The number of rotatable bonds is 6. The van der Waals surface area contributed by atoms with Crippen molar-refractivity contribution >= 4 is 11.7 Å². The number of pyridine rings is 1. The number of methoxy groups -OCH3 is 1. The molecule has 20 heavy (non-hydrogen) atoms. The Balaban J connectivity index is 2.02.